The SMILES string of the molecule is CCCCCC(C)(C)CNc1ccc(S(N)(=O)=O)cc1F. The molecule has 0 amide bonds. The molecular weight excluding hydrogens is 291 g/mol. The minimum absolute atomic E-state index is 0.0558. The Labute approximate surface area is 127 Å². The van der Waals surface area contributed by atoms with E-state index in [4.69, 9.17) is 5.14 Å². The Morgan fingerprint density at radius 2 is 1.95 bits per heavy atom. The summed E-state index contributed by atoms with van der Waals surface area (Å²) in [6.45, 7) is 7.05. The third-order valence-electron chi connectivity index (χ3n) is 3.48. The van der Waals surface area contributed by atoms with Crippen LogP contribution in [0.15, 0.2) is 23.1 Å². The van der Waals surface area contributed by atoms with Gasteiger partial charge in [0, 0.05) is 6.54 Å². The predicted octanol–water partition coefficient (Wildman–Crippen LogP) is 3.49. The van der Waals surface area contributed by atoms with Crippen LogP contribution in [0.25, 0.3) is 0 Å². The lowest BCUT2D eigenvalue weighted by atomic mass is 9.87. The van der Waals surface area contributed by atoms with Crippen LogP contribution in [0.5, 0.6) is 0 Å². The molecule has 0 atom stereocenters. The lowest BCUT2D eigenvalue weighted by Gasteiger charge is -2.25. The molecule has 4 nitrogen and oxygen atoms in total. The third-order valence-corrected chi connectivity index (χ3v) is 4.39. The molecule has 21 heavy (non-hydrogen) atoms. The Balaban J connectivity index is 2.68. The Bertz CT molecular complexity index is 571. The van der Waals surface area contributed by atoms with E-state index in [-0.39, 0.29) is 10.3 Å². The van der Waals surface area contributed by atoms with Crippen molar-refractivity contribution in [3.05, 3.63) is 24.0 Å². The molecule has 1 aromatic carbocycles. The lowest BCUT2D eigenvalue weighted by molar-refractivity contribution is 0.342. The zero-order valence-electron chi connectivity index (χ0n) is 12.9. The first-order valence-electron chi connectivity index (χ1n) is 7.22. The van der Waals surface area contributed by atoms with Crippen LogP contribution in [0.4, 0.5) is 10.1 Å². The zero-order valence-corrected chi connectivity index (χ0v) is 13.8. The van der Waals surface area contributed by atoms with Gasteiger partial charge in [0.25, 0.3) is 0 Å². The molecule has 6 heteroatoms. The third kappa shape index (κ3) is 6.01. The van der Waals surface area contributed by atoms with E-state index in [2.05, 4.69) is 26.1 Å². The van der Waals surface area contributed by atoms with Gasteiger partial charge in [-0.05, 0) is 30.0 Å². The molecule has 0 fully saturated rings. The van der Waals surface area contributed by atoms with Gasteiger partial charge in [-0.3, -0.25) is 0 Å². The minimum Gasteiger partial charge on any atom is -0.382 e. The van der Waals surface area contributed by atoms with Crippen LogP contribution < -0.4 is 10.5 Å². The number of anilines is 1. The van der Waals surface area contributed by atoms with Crippen molar-refractivity contribution in [3.63, 3.8) is 0 Å². The van der Waals surface area contributed by atoms with Gasteiger partial charge in [-0.15, -0.1) is 0 Å². The normalized spacial score (nSPS) is 12.4. The Morgan fingerprint density at radius 3 is 2.48 bits per heavy atom. The first-order valence-corrected chi connectivity index (χ1v) is 8.76. The average molecular weight is 316 g/mol. The Morgan fingerprint density at radius 1 is 1.29 bits per heavy atom. The van der Waals surface area contributed by atoms with Gasteiger partial charge in [0.05, 0.1) is 10.6 Å². The number of sulfonamides is 1. The summed E-state index contributed by atoms with van der Waals surface area (Å²) in [5.74, 6) is -0.606. The Kier molecular flexibility index (Phi) is 6.16. The topological polar surface area (TPSA) is 72.2 Å². The molecule has 0 spiro atoms. The largest absolute Gasteiger partial charge is 0.382 e. The first kappa shape index (κ1) is 17.9. The molecule has 0 aromatic heterocycles. The second kappa shape index (κ2) is 7.22. The Hall–Kier alpha value is -1.14. The number of hydrogen-bond donors (Lipinski definition) is 2. The standard InChI is InChI=1S/C15H25FN2O2S/c1-4-5-6-9-15(2,3)11-18-14-8-7-12(10-13(14)16)21(17,19)20/h7-8,10,18H,4-6,9,11H2,1-3H3,(H2,17,19,20). The first-order chi connectivity index (χ1) is 9.65. The summed E-state index contributed by atoms with van der Waals surface area (Å²) in [6, 6.07) is 3.67. The number of halogens is 1. The summed E-state index contributed by atoms with van der Waals surface area (Å²) in [5.41, 5.74) is 0.353. The fourth-order valence-corrected chi connectivity index (χ4v) is 2.62. The van der Waals surface area contributed by atoms with Crippen LogP contribution in [0, 0.1) is 11.2 Å². The van der Waals surface area contributed by atoms with Gasteiger partial charge in [-0.1, -0.05) is 40.0 Å². The maximum Gasteiger partial charge on any atom is 0.238 e. The van der Waals surface area contributed by atoms with E-state index in [1.807, 2.05) is 0 Å². The maximum absolute atomic E-state index is 13.9. The molecular formula is C15H25FN2O2S. The second-order valence-corrected chi connectivity index (χ2v) is 7.72. The minimum atomic E-state index is -3.87. The molecule has 0 saturated carbocycles. The summed E-state index contributed by atoms with van der Waals surface area (Å²) in [6.07, 6.45) is 4.58. The van der Waals surface area contributed by atoms with Crippen molar-refractivity contribution < 1.29 is 12.8 Å². The molecule has 120 valence electrons. The number of unbranched alkanes of at least 4 members (excludes halogenated alkanes) is 2. The van der Waals surface area contributed by atoms with Gasteiger partial charge >= 0.3 is 0 Å². The van der Waals surface area contributed by atoms with Crippen LogP contribution in [0.1, 0.15) is 46.5 Å². The van der Waals surface area contributed by atoms with Crippen LogP contribution >= 0.6 is 0 Å². The molecule has 0 aliphatic rings. The van der Waals surface area contributed by atoms with Crippen molar-refractivity contribution >= 4 is 15.7 Å². The summed E-state index contributed by atoms with van der Waals surface area (Å²) in [4.78, 5) is -0.215. The van der Waals surface area contributed by atoms with Gasteiger partial charge in [-0.2, -0.15) is 0 Å². The van der Waals surface area contributed by atoms with Gasteiger partial charge in [-0.25, -0.2) is 17.9 Å². The second-order valence-electron chi connectivity index (χ2n) is 6.16. The number of benzene rings is 1. The van der Waals surface area contributed by atoms with Crippen molar-refractivity contribution in [2.24, 2.45) is 10.6 Å². The molecule has 0 bridgehead atoms. The van der Waals surface area contributed by atoms with Gasteiger partial charge in [0.1, 0.15) is 5.82 Å². The van der Waals surface area contributed by atoms with Crippen LogP contribution in [-0.2, 0) is 10.0 Å². The van der Waals surface area contributed by atoms with Crippen molar-refractivity contribution in [1.29, 1.82) is 0 Å². The molecule has 1 aromatic rings. The molecule has 0 unspecified atom stereocenters. The predicted molar refractivity (Wildman–Crippen MR) is 84.2 cm³/mol. The molecule has 0 aliphatic carbocycles. The zero-order chi connectivity index (χ0) is 16.1. The lowest BCUT2D eigenvalue weighted by Crippen LogP contribution is -2.23. The van der Waals surface area contributed by atoms with Crippen LogP contribution in [0.3, 0.4) is 0 Å². The summed E-state index contributed by atoms with van der Waals surface area (Å²) in [7, 11) is -3.87. The van der Waals surface area contributed by atoms with Gasteiger partial charge in [0.15, 0.2) is 0 Å². The van der Waals surface area contributed by atoms with E-state index in [0.717, 1.165) is 18.9 Å². The highest BCUT2D eigenvalue weighted by atomic mass is 32.2. The maximum atomic E-state index is 13.9. The number of primary sulfonamides is 1. The molecule has 0 radical (unpaired) electrons. The van der Waals surface area contributed by atoms with Crippen LogP contribution in [-0.4, -0.2) is 15.0 Å². The van der Waals surface area contributed by atoms with E-state index in [9.17, 15) is 12.8 Å². The fraction of sp³-hybridized carbons (Fsp3) is 0.600. The molecule has 3 N–H and O–H groups in total. The van der Waals surface area contributed by atoms with Gasteiger partial charge in [0.2, 0.25) is 10.0 Å². The van der Waals surface area contributed by atoms with E-state index in [0.29, 0.717) is 12.2 Å². The number of rotatable bonds is 8. The summed E-state index contributed by atoms with van der Waals surface area (Å²) < 4.78 is 36.2. The molecule has 1 rings (SSSR count). The van der Waals surface area contributed by atoms with E-state index in [1.54, 1.807) is 0 Å². The molecule has 0 heterocycles. The number of nitrogens with one attached hydrogen (secondary N) is 1. The summed E-state index contributed by atoms with van der Waals surface area (Å²) in [5, 5.41) is 8.02. The monoisotopic (exact) mass is 316 g/mol. The number of nitrogens with two attached hydrogens (primary N) is 1. The van der Waals surface area contributed by atoms with Gasteiger partial charge < -0.3 is 5.32 Å². The molecule has 0 saturated heterocycles. The highest BCUT2D eigenvalue weighted by Gasteiger charge is 2.18. The smallest absolute Gasteiger partial charge is 0.238 e. The van der Waals surface area contributed by atoms with Crippen LogP contribution in [0.2, 0.25) is 0 Å². The average Bonchev–Trinajstić information content (AvgIpc) is 2.36. The van der Waals surface area contributed by atoms with Crippen molar-refractivity contribution in [1.82, 2.24) is 0 Å². The van der Waals surface area contributed by atoms with Crippen molar-refractivity contribution in [2.45, 2.75) is 51.3 Å². The highest BCUT2D eigenvalue weighted by Crippen LogP contribution is 2.26. The van der Waals surface area contributed by atoms with Crippen molar-refractivity contribution in [2.75, 3.05) is 11.9 Å². The highest BCUT2D eigenvalue weighted by molar-refractivity contribution is 7.89. The number of hydrogen-bond acceptors (Lipinski definition) is 3. The summed E-state index contributed by atoms with van der Waals surface area (Å²) >= 11 is 0. The van der Waals surface area contributed by atoms with E-state index in [1.165, 1.54) is 25.0 Å². The fourth-order valence-electron chi connectivity index (χ4n) is 2.09. The van der Waals surface area contributed by atoms with E-state index >= 15 is 0 Å². The van der Waals surface area contributed by atoms with E-state index < -0.39 is 15.8 Å². The molecule has 0 aliphatic heterocycles. The van der Waals surface area contributed by atoms with Crippen molar-refractivity contribution in [3.8, 4) is 0 Å². The quantitative estimate of drug-likeness (QED) is 0.721.